The van der Waals surface area contributed by atoms with Crippen LogP contribution < -0.4 is 16.6 Å². The fraction of sp³-hybridized carbons (Fsp3) is 0.500. The number of H-pyrrole nitrogens is 1. The molecule has 7 heteroatoms. The van der Waals surface area contributed by atoms with Gasteiger partial charge in [-0.15, -0.1) is 0 Å². The van der Waals surface area contributed by atoms with Gasteiger partial charge in [0.05, 0.1) is 0 Å². The Hall–Kier alpha value is -2.31. The van der Waals surface area contributed by atoms with E-state index < -0.39 is 6.03 Å². The molecule has 0 aliphatic carbocycles. The first-order chi connectivity index (χ1) is 9.97. The van der Waals surface area contributed by atoms with Crippen LogP contribution in [0.25, 0.3) is 0 Å². The number of rotatable bonds is 3. The quantitative estimate of drug-likeness (QED) is 0.740. The van der Waals surface area contributed by atoms with E-state index in [0.29, 0.717) is 19.6 Å². The lowest BCUT2D eigenvalue weighted by Crippen LogP contribution is -2.45. The molecule has 0 spiro atoms. The van der Waals surface area contributed by atoms with Crippen molar-refractivity contribution in [2.24, 2.45) is 11.7 Å². The second-order valence-electron chi connectivity index (χ2n) is 5.39. The zero-order chi connectivity index (χ0) is 15.4. The number of nitrogens with one attached hydrogen (secondary N) is 2. The Balaban J connectivity index is 2.05. The highest BCUT2D eigenvalue weighted by atomic mass is 16.2. The highest BCUT2D eigenvalue weighted by Gasteiger charge is 2.25. The van der Waals surface area contributed by atoms with E-state index in [0.717, 1.165) is 18.5 Å². The van der Waals surface area contributed by atoms with Gasteiger partial charge in [-0.1, -0.05) is 0 Å². The average Bonchev–Trinajstić information content (AvgIpc) is 2.45. The number of aromatic amines is 1. The minimum Gasteiger partial charge on any atom is -0.352 e. The molecule has 1 aliphatic rings. The van der Waals surface area contributed by atoms with Crippen molar-refractivity contribution in [2.45, 2.75) is 19.8 Å². The van der Waals surface area contributed by atoms with Gasteiger partial charge < -0.3 is 20.9 Å². The van der Waals surface area contributed by atoms with Crippen LogP contribution in [0.4, 0.5) is 4.79 Å². The number of likely N-dealkylation sites (tertiary alicyclic amines) is 1. The molecule has 1 saturated heterocycles. The average molecular weight is 292 g/mol. The molecule has 2 heterocycles. The Morgan fingerprint density at radius 1 is 1.48 bits per heavy atom. The van der Waals surface area contributed by atoms with Crippen LogP contribution in [0.3, 0.4) is 0 Å². The van der Waals surface area contributed by atoms with Gasteiger partial charge in [0.15, 0.2) is 0 Å². The maximum atomic E-state index is 12.4. The van der Waals surface area contributed by atoms with Crippen molar-refractivity contribution in [3.63, 3.8) is 0 Å². The molecule has 1 atom stereocenters. The first-order valence-electron chi connectivity index (χ1n) is 7.00. The summed E-state index contributed by atoms with van der Waals surface area (Å²) in [4.78, 5) is 39.3. The number of urea groups is 1. The number of pyridine rings is 1. The lowest BCUT2D eigenvalue weighted by molar-refractivity contribution is 0.0673. The molecule has 0 radical (unpaired) electrons. The summed E-state index contributed by atoms with van der Waals surface area (Å²) >= 11 is 0. The number of aryl methyl sites for hydroxylation is 1. The van der Waals surface area contributed by atoms with Crippen molar-refractivity contribution in [1.29, 1.82) is 0 Å². The largest absolute Gasteiger partial charge is 0.352 e. The molecule has 1 aliphatic heterocycles. The molecule has 21 heavy (non-hydrogen) atoms. The zero-order valence-electron chi connectivity index (χ0n) is 12.0. The molecule has 114 valence electrons. The van der Waals surface area contributed by atoms with Gasteiger partial charge in [0.2, 0.25) is 0 Å². The van der Waals surface area contributed by atoms with Crippen LogP contribution in [0.15, 0.2) is 16.9 Å². The fourth-order valence-electron chi connectivity index (χ4n) is 2.57. The minimum absolute atomic E-state index is 0.157. The first-order valence-corrected chi connectivity index (χ1v) is 7.00. The molecule has 0 bridgehead atoms. The lowest BCUT2D eigenvalue weighted by Gasteiger charge is -2.32. The Morgan fingerprint density at radius 2 is 2.24 bits per heavy atom. The fourth-order valence-corrected chi connectivity index (χ4v) is 2.57. The summed E-state index contributed by atoms with van der Waals surface area (Å²) in [5, 5.41) is 2.57. The molecular weight excluding hydrogens is 272 g/mol. The summed E-state index contributed by atoms with van der Waals surface area (Å²) in [6, 6.07) is 2.71. The van der Waals surface area contributed by atoms with E-state index in [1.165, 1.54) is 0 Å². The van der Waals surface area contributed by atoms with Gasteiger partial charge in [-0.05, 0) is 37.8 Å². The number of nitrogens with two attached hydrogens (primary N) is 1. The van der Waals surface area contributed by atoms with Crippen LogP contribution in [-0.2, 0) is 0 Å². The van der Waals surface area contributed by atoms with Gasteiger partial charge >= 0.3 is 6.03 Å². The molecule has 0 saturated carbocycles. The molecule has 1 fully saturated rings. The van der Waals surface area contributed by atoms with Crippen molar-refractivity contribution >= 4 is 11.9 Å². The van der Waals surface area contributed by atoms with Crippen LogP contribution in [0.5, 0.6) is 0 Å². The highest BCUT2D eigenvalue weighted by Crippen LogP contribution is 2.17. The van der Waals surface area contributed by atoms with Gasteiger partial charge in [-0.25, -0.2) is 4.79 Å². The molecule has 3 amide bonds. The Morgan fingerprint density at radius 3 is 2.90 bits per heavy atom. The Labute approximate surface area is 122 Å². The van der Waals surface area contributed by atoms with E-state index in [9.17, 15) is 14.4 Å². The third kappa shape index (κ3) is 3.84. The van der Waals surface area contributed by atoms with E-state index >= 15 is 0 Å². The van der Waals surface area contributed by atoms with Gasteiger partial charge in [-0.3, -0.25) is 9.59 Å². The van der Waals surface area contributed by atoms with Crippen molar-refractivity contribution < 1.29 is 9.59 Å². The molecular formula is C14H20N4O3. The monoisotopic (exact) mass is 292 g/mol. The Kier molecular flexibility index (Phi) is 4.62. The summed E-state index contributed by atoms with van der Waals surface area (Å²) in [5.74, 6) is -0.0974. The normalized spacial score (nSPS) is 18.3. The van der Waals surface area contributed by atoms with Crippen molar-refractivity contribution in [1.82, 2.24) is 15.2 Å². The van der Waals surface area contributed by atoms with Crippen molar-refractivity contribution in [3.8, 4) is 0 Å². The number of primary amides is 1. The zero-order valence-corrected chi connectivity index (χ0v) is 12.0. The summed E-state index contributed by atoms with van der Waals surface area (Å²) in [6.45, 7) is 3.36. The number of nitrogens with zero attached hydrogens (tertiary/aromatic N) is 1. The minimum atomic E-state index is -0.562. The number of aromatic nitrogens is 1. The van der Waals surface area contributed by atoms with Crippen LogP contribution in [-0.4, -0.2) is 41.5 Å². The maximum absolute atomic E-state index is 12.4. The van der Waals surface area contributed by atoms with Gasteiger partial charge in [0, 0.05) is 25.3 Å². The topological polar surface area (TPSA) is 108 Å². The molecule has 4 N–H and O–H groups in total. The van der Waals surface area contributed by atoms with Crippen LogP contribution in [0.1, 0.15) is 28.9 Å². The number of carbonyl (C=O) groups is 2. The third-order valence-corrected chi connectivity index (χ3v) is 3.66. The van der Waals surface area contributed by atoms with E-state index in [1.807, 2.05) is 0 Å². The van der Waals surface area contributed by atoms with Crippen molar-refractivity contribution in [2.75, 3.05) is 19.6 Å². The molecule has 1 unspecified atom stereocenters. The number of piperidine rings is 1. The summed E-state index contributed by atoms with van der Waals surface area (Å²) in [6.07, 6.45) is 1.77. The van der Waals surface area contributed by atoms with Crippen LogP contribution >= 0.6 is 0 Å². The summed E-state index contributed by atoms with van der Waals surface area (Å²) in [5.41, 5.74) is 5.57. The number of hydrogen-bond donors (Lipinski definition) is 3. The van der Waals surface area contributed by atoms with E-state index in [2.05, 4.69) is 10.3 Å². The number of carbonyl (C=O) groups excluding carboxylic acids is 2. The lowest BCUT2D eigenvalue weighted by atomic mass is 9.97. The van der Waals surface area contributed by atoms with Crippen LogP contribution in [0, 0.1) is 12.8 Å². The molecule has 1 aromatic rings. The smallest absolute Gasteiger partial charge is 0.312 e. The molecule has 1 aromatic heterocycles. The second kappa shape index (κ2) is 6.43. The van der Waals surface area contributed by atoms with E-state index in [1.54, 1.807) is 24.0 Å². The first kappa shape index (κ1) is 15.1. The second-order valence-corrected chi connectivity index (χ2v) is 5.39. The SMILES string of the molecule is Cc1ccc(C(=O)N2CCCC(CNC(N)=O)C2)c(=O)[nH]1. The number of hydrogen-bond acceptors (Lipinski definition) is 3. The predicted octanol–water partition coefficient (Wildman–Crippen LogP) is 0.204. The summed E-state index contributed by atoms with van der Waals surface area (Å²) < 4.78 is 0. The molecule has 0 aromatic carbocycles. The number of amides is 3. The highest BCUT2D eigenvalue weighted by molar-refractivity contribution is 5.93. The van der Waals surface area contributed by atoms with E-state index in [4.69, 9.17) is 5.73 Å². The third-order valence-electron chi connectivity index (χ3n) is 3.66. The van der Waals surface area contributed by atoms with Gasteiger partial charge in [0.1, 0.15) is 5.56 Å². The standard InChI is InChI=1S/C14H20N4O3/c1-9-4-5-11(12(19)17-9)13(20)18-6-2-3-10(8-18)7-16-14(15)21/h4-5,10H,2-3,6-8H2,1H3,(H,17,19)(H3,15,16,21). The van der Waals surface area contributed by atoms with Gasteiger partial charge in [-0.2, -0.15) is 0 Å². The van der Waals surface area contributed by atoms with E-state index in [-0.39, 0.29) is 22.9 Å². The van der Waals surface area contributed by atoms with Gasteiger partial charge in [0.25, 0.3) is 11.5 Å². The van der Waals surface area contributed by atoms with Crippen LogP contribution in [0.2, 0.25) is 0 Å². The summed E-state index contributed by atoms with van der Waals surface area (Å²) in [7, 11) is 0. The molecule has 7 nitrogen and oxygen atoms in total. The maximum Gasteiger partial charge on any atom is 0.312 e. The van der Waals surface area contributed by atoms with Crippen molar-refractivity contribution in [3.05, 3.63) is 33.7 Å². The Bertz CT molecular complexity index is 596. The molecule has 2 rings (SSSR count). The predicted molar refractivity (Wildman–Crippen MR) is 78.0 cm³/mol.